The zero-order valence-corrected chi connectivity index (χ0v) is 17.0. The largest absolute Gasteiger partial charge is 0.322 e. The molecule has 0 fully saturated rings. The summed E-state index contributed by atoms with van der Waals surface area (Å²) in [6.45, 7) is 1.87. The zero-order valence-electron chi connectivity index (χ0n) is 15.4. The highest BCUT2D eigenvalue weighted by Crippen LogP contribution is 2.32. The molecule has 1 aromatic heterocycles. The van der Waals surface area contributed by atoms with E-state index in [1.54, 1.807) is 48.5 Å². The Morgan fingerprint density at radius 2 is 1.62 bits per heavy atom. The molecule has 0 unspecified atom stereocenters. The van der Waals surface area contributed by atoms with Crippen LogP contribution in [0.1, 0.15) is 15.9 Å². The number of aryl methyl sites for hydroxylation is 1. The van der Waals surface area contributed by atoms with Crippen LogP contribution in [0.25, 0.3) is 10.2 Å². The molecule has 4 aromatic rings. The fourth-order valence-corrected chi connectivity index (χ4v) is 5.12. The molecular formula is C21H17N3O3S2. The molecule has 2 N–H and O–H groups in total. The average Bonchev–Trinajstić information content (AvgIpc) is 3.11. The number of rotatable bonds is 5. The van der Waals surface area contributed by atoms with Crippen molar-refractivity contribution in [1.29, 1.82) is 0 Å². The van der Waals surface area contributed by atoms with Gasteiger partial charge in [0.1, 0.15) is 0 Å². The van der Waals surface area contributed by atoms with Crippen molar-refractivity contribution in [2.45, 2.75) is 11.8 Å². The first-order chi connectivity index (χ1) is 13.9. The molecule has 0 atom stereocenters. The van der Waals surface area contributed by atoms with E-state index in [9.17, 15) is 13.2 Å². The Morgan fingerprint density at radius 1 is 0.966 bits per heavy atom. The van der Waals surface area contributed by atoms with E-state index < -0.39 is 10.0 Å². The van der Waals surface area contributed by atoms with Gasteiger partial charge in [0.2, 0.25) is 0 Å². The van der Waals surface area contributed by atoms with Crippen molar-refractivity contribution in [1.82, 2.24) is 4.98 Å². The van der Waals surface area contributed by atoms with Crippen molar-refractivity contribution in [2.24, 2.45) is 0 Å². The van der Waals surface area contributed by atoms with E-state index in [0.717, 1.165) is 10.3 Å². The fraction of sp³-hybridized carbons (Fsp3) is 0.0476. The van der Waals surface area contributed by atoms with Crippen LogP contribution in [0, 0.1) is 6.92 Å². The molecule has 6 nitrogen and oxygen atoms in total. The molecule has 0 saturated carbocycles. The number of aromatic nitrogens is 1. The summed E-state index contributed by atoms with van der Waals surface area (Å²) < 4.78 is 28.4. The lowest BCUT2D eigenvalue weighted by atomic mass is 10.1. The number of anilines is 2. The van der Waals surface area contributed by atoms with Crippen molar-refractivity contribution in [3.63, 3.8) is 0 Å². The Bertz CT molecular complexity index is 1290. The molecule has 0 aliphatic heterocycles. The van der Waals surface area contributed by atoms with Crippen molar-refractivity contribution >= 4 is 48.3 Å². The lowest BCUT2D eigenvalue weighted by molar-refractivity contribution is 0.102. The lowest BCUT2D eigenvalue weighted by Gasteiger charge is -2.06. The summed E-state index contributed by atoms with van der Waals surface area (Å²) >= 11 is 1.22. The van der Waals surface area contributed by atoms with E-state index in [4.69, 9.17) is 0 Å². The van der Waals surface area contributed by atoms with Gasteiger partial charge in [-0.1, -0.05) is 47.7 Å². The molecular weight excluding hydrogens is 406 g/mol. The predicted octanol–water partition coefficient (Wildman–Crippen LogP) is 4.66. The first kappa shape index (κ1) is 19.1. The van der Waals surface area contributed by atoms with Crippen LogP contribution in [0.4, 0.5) is 10.8 Å². The number of benzene rings is 3. The molecule has 0 bridgehead atoms. The van der Waals surface area contributed by atoms with Crippen molar-refractivity contribution in [3.8, 4) is 0 Å². The minimum Gasteiger partial charge on any atom is -0.322 e. The normalized spacial score (nSPS) is 11.3. The van der Waals surface area contributed by atoms with Crippen molar-refractivity contribution in [2.75, 3.05) is 10.0 Å². The third kappa shape index (κ3) is 4.13. The molecule has 4 rings (SSSR count). The fourth-order valence-electron chi connectivity index (χ4n) is 2.88. The molecule has 0 aliphatic rings. The third-order valence-corrected chi connectivity index (χ3v) is 6.66. The number of nitrogens with zero attached hydrogens (tertiary/aromatic N) is 1. The van der Waals surface area contributed by atoms with Crippen LogP contribution in [0.2, 0.25) is 0 Å². The molecule has 29 heavy (non-hydrogen) atoms. The van der Waals surface area contributed by atoms with Crippen molar-refractivity contribution < 1.29 is 13.2 Å². The molecule has 1 heterocycles. The maximum atomic E-state index is 12.5. The molecule has 146 valence electrons. The van der Waals surface area contributed by atoms with E-state index in [0.29, 0.717) is 16.8 Å². The number of sulfonamides is 1. The molecule has 8 heteroatoms. The number of hydrogen-bond acceptors (Lipinski definition) is 5. The van der Waals surface area contributed by atoms with Gasteiger partial charge in [-0.15, -0.1) is 0 Å². The standard InChI is InChI=1S/C21H17N3O3S2/c1-14-12-16(22-20(25)15-8-4-2-5-9-15)13-18-19(14)23-21(28-18)24-29(26,27)17-10-6-3-7-11-17/h2-13H,1H3,(H,22,25)(H,23,24). The topological polar surface area (TPSA) is 88.2 Å². The van der Waals surface area contributed by atoms with Gasteiger partial charge in [-0.25, -0.2) is 13.4 Å². The summed E-state index contributed by atoms with van der Waals surface area (Å²) in [4.78, 5) is 17.0. The van der Waals surface area contributed by atoms with Crippen LogP contribution in [-0.2, 0) is 10.0 Å². The van der Waals surface area contributed by atoms with E-state index in [2.05, 4.69) is 15.0 Å². The number of nitrogens with one attached hydrogen (secondary N) is 2. The van der Waals surface area contributed by atoms with Gasteiger partial charge in [-0.2, -0.15) is 0 Å². The Labute approximate surface area is 172 Å². The highest BCUT2D eigenvalue weighted by atomic mass is 32.2. The van der Waals surface area contributed by atoms with E-state index in [1.807, 2.05) is 19.1 Å². The molecule has 1 amide bonds. The summed E-state index contributed by atoms with van der Waals surface area (Å²) in [7, 11) is -3.71. The maximum Gasteiger partial charge on any atom is 0.263 e. The summed E-state index contributed by atoms with van der Waals surface area (Å²) in [5.74, 6) is -0.209. The summed E-state index contributed by atoms with van der Waals surface area (Å²) in [6, 6.07) is 20.7. The Morgan fingerprint density at radius 3 is 2.31 bits per heavy atom. The Kier molecular flexibility index (Phi) is 5.04. The zero-order chi connectivity index (χ0) is 20.4. The van der Waals surface area contributed by atoms with Crippen LogP contribution < -0.4 is 10.0 Å². The Hall–Kier alpha value is -3.23. The summed E-state index contributed by atoms with van der Waals surface area (Å²) in [5.41, 5.74) is 2.72. The number of thiazole rings is 1. The smallest absolute Gasteiger partial charge is 0.263 e. The molecule has 0 aliphatic carbocycles. The van der Waals surface area contributed by atoms with Gasteiger partial charge in [-0.3, -0.25) is 9.52 Å². The van der Waals surface area contributed by atoms with Gasteiger partial charge in [0.15, 0.2) is 5.13 Å². The molecule has 0 radical (unpaired) electrons. The number of carbonyl (C=O) groups is 1. The second-order valence-electron chi connectivity index (χ2n) is 6.40. The first-order valence-electron chi connectivity index (χ1n) is 8.78. The maximum absolute atomic E-state index is 12.5. The van der Waals surface area contributed by atoms with Gasteiger partial charge >= 0.3 is 0 Å². The Balaban J connectivity index is 1.61. The van der Waals surface area contributed by atoms with E-state index in [-0.39, 0.29) is 15.9 Å². The van der Waals surface area contributed by atoms with E-state index >= 15 is 0 Å². The minimum absolute atomic E-state index is 0.173. The van der Waals surface area contributed by atoms with Gasteiger partial charge in [0.25, 0.3) is 15.9 Å². The average molecular weight is 424 g/mol. The number of amides is 1. The highest BCUT2D eigenvalue weighted by molar-refractivity contribution is 7.93. The van der Waals surface area contributed by atoms with Crippen LogP contribution in [-0.4, -0.2) is 19.3 Å². The predicted molar refractivity (Wildman–Crippen MR) is 116 cm³/mol. The van der Waals surface area contributed by atoms with Gasteiger partial charge in [0.05, 0.1) is 15.1 Å². The van der Waals surface area contributed by atoms with Gasteiger partial charge in [-0.05, 0) is 48.9 Å². The number of carbonyl (C=O) groups excluding carboxylic acids is 1. The lowest BCUT2D eigenvalue weighted by Crippen LogP contribution is -2.12. The van der Waals surface area contributed by atoms with Gasteiger partial charge in [0, 0.05) is 11.3 Å². The molecule has 0 spiro atoms. The SMILES string of the molecule is Cc1cc(NC(=O)c2ccccc2)cc2sc(NS(=O)(=O)c3ccccc3)nc12. The first-order valence-corrected chi connectivity index (χ1v) is 11.1. The second-order valence-corrected chi connectivity index (χ2v) is 9.11. The quantitative estimate of drug-likeness (QED) is 0.489. The second kappa shape index (κ2) is 7.65. The highest BCUT2D eigenvalue weighted by Gasteiger charge is 2.17. The van der Waals surface area contributed by atoms with Gasteiger partial charge < -0.3 is 5.32 Å². The molecule has 3 aromatic carbocycles. The third-order valence-electron chi connectivity index (χ3n) is 4.25. The monoisotopic (exact) mass is 423 g/mol. The summed E-state index contributed by atoms with van der Waals surface area (Å²) in [6.07, 6.45) is 0. The van der Waals surface area contributed by atoms with Crippen molar-refractivity contribution in [3.05, 3.63) is 83.9 Å². The number of hydrogen-bond donors (Lipinski definition) is 2. The summed E-state index contributed by atoms with van der Waals surface area (Å²) in [5, 5.41) is 3.15. The number of fused-ring (bicyclic) bond motifs is 1. The minimum atomic E-state index is -3.71. The molecule has 0 saturated heterocycles. The van der Waals surface area contributed by atoms with Crippen LogP contribution in [0.5, 0.6) is 0 Å². The van der Waals surface area contributed by atoms with Crippen LogP contribution in [0.15, 0.2) is 77.7 Å². The van der Waals surface area contributed by atoms with Crippen LogP contribution in [0.3, 0.4) is 0 Å². The van der Waals surface area contributed by atoms with Crippen LogP contribution >= 0.6 is 11.3 Å². The van der Waals surface area contributed by atoms with E-state index in [1.165, 1.54) is 23.5 Å².